The maximum Gasteiger partial charge on any atom is 0.0592 e. The van der Waals surface area contributed by atoms with Crippen molar-refractivity contribution < 1.29 is 5.11 Å². The van der Waals surface area contributed by atoms with Crippen molar-refractivity contribution in [3.63, 3.8) is 0 Å². The molecule has 0 aliphatic heterocycles. The Labute approximate surface area is 63.6 Å². The number of aliphatic hydroxyl groups is 1. The largest absolute Gasteiger partial charge is 0.390 e. The summed E-state index contributed by atoms with van der Waals surface area (Å²) in [5.41, 5.74) is -0.491. The Kier molecular flexibility index (Phi) is 4.65. The van der Waals surface area contributed by atoms with Gasteiger partial charge in [0.15, 0.2) is 0 Å². The molecule has 2 nitrogen and oxygen atoms in total. The first kappa shape index (κ1) is 9.92. The van der Waals surface area contributed by atoms with Gasteiger partial charge in [0, 0.05) is 0 Å². The Hall–Kier alpha value is -0.0800. The minimum Gasteiger partial charge on any atom is -0.390 e. The van der Waals surface area contributed by atoms with Gasteiger partial charge in [-0.25, -0.2) is 0 Å². The first-order chi connectivity index (χ1) is 4.56. The molecule has 0 aromatic rings. The van der Waals surface area contributed by atoms with E-state index in [0.717, 1.165) is 25.9 Å². The fourth-order valence-corrected chi connectivity index (χ4v) is 0.823. The van der Waals surface area contributed by atoms with Crippen LogP contribution in [0.3, 0.4) is 0 Å². The summed E-state index contributed by atoms with van der Waals surface area (Å²) < 4.78 is 0. The predicted molar refractivity (Wildman–Crippen MR) is 44.1 cm³/mol. The Morgan fingerprint density at radius 2 is 2.00 bits per heavy atom. The van der Waals surface area contributed by atoms with Crippen LogP contribution in [0, 0.1) is 0 Å². The van der Waals surface area contributed by atoms with E-state index < -0.39 is 5.60 Å². The van der Waals surface area contributed by atoms with Crippen LogP contribution < -0.4 is 5.32 Å². The van der Waals surface area contributed by atoms with Crippen molar-refractivity contribution in [1.82, 2.24) is 5.32 Å². The average molecular weight is 145 g/mol. The Morgan fingerprint density at radius 1 is 1.40 bits per heavy atom. The molecule has 62 valence electrons. The second-order valence-corrected chi connectivity index (χ2v) is 3.27. The molecule has 0 fully saturated rings. The fourth-order valence-electron chi connectivity index (χ4n) is 0.823. The highest BCUT2D eigenvalue weighted by molar-refractivity contribution is 4.64. The molecule has 0 bridgehead atoms. The van der Waals surface area contributed by atoms with Crippen molar-refractivity contribution in [2.24, 2.45) is 0 Å². The summed E-state index contributed by atoms with van der Waals surface area (Å²) in [6.45, 7) is 7.81. The van der Waals surface area contributed by atoms with Crippen LogP contribution in [-0.4, -0.2) is 23.8 Å². The van der Waals surface area contributed by atoms with Crippen molar-refractivity contribution in [2.75, 3.05) is 13.1 Å². The third-order valence-electron chi connectivity index (χ3n) is 1.39. The van der Waals surface area contributed by atoms with Crippen molar-refractivity contribution in [3.05, 3.63) is 0 Å². The summed E-state index contributed by atoms with van der Waals surface area (Å²) in [7, 11) is 0. The molecule has 0 spiro atoms. The average Bonchev–Trinajstić information content (AvgIpc) is 1.78. The van der Waals surface area contributed by atoms with Gasteiger partial charge in [-0.1, -0.05) is 6.92 Å². The van der Waals surface area contributed by atoms with Gasteiger partial charge in [0.2, 0.25) is 0 Å². The van der Waals surface area contributed by atoms with E-state index in [1.807, 2.05) is 13.8 Å². The molecule has 0 rings (SSSR count). The lowest BCUT2D eigenvalue weighted by molar-refractivity contribution is 0.0689. The molecule has 0 atom stereocenters. The quantitative estimate of drug-likeness (QED) is 0.569. The maximum atomic E-state index is 9.29. The number of rotatable bonds is 5. The molecule has 0 radical (unpaired) electrons. The number of nitrogens with one attached hydrogen (secondary N) is 1. The molecular weight excluding hydrogens is 126 g/mol. The second kappa shape index (κ2) is 4.69. The zero-order chi connectivity index (χ0) is 8.04. The Bertz CT molecular complexity index is 75.8. The smallest absolute Gasteiger partial charge is 0.0592 e. The summed E-state index contributed by atoms with van der Waals surface area (Å²) in [6, 6.07) is 0. The van der Waals surface area contributed by atoms with Crippen LogP contribution in [0.25, 0.3) is 0 Å². The van der Waals surface area contributed by atoms with Crippen molar-refractivity contribution in [1.29, 1.82) is 0 Å². The van der Waals surface area contributed by atoms with Crippen LogP contribution in [0.2, 0.25) is 0 Å². The molecular formula is C8H19NO. The minimum absolute atomic E-state index is 0.491. The van der Waals surface area contributed by atoms with Gasteiger partial charge in [-0.3, -0.25) is 0 Å². The van der Waals surface area contributed by atoms with Crippen LogP contribution in [0.5, 0.6) is 0 Å². The molecule has 0 amide bonds. The number of hydrogen-bond donors (Lipinski definition) is 2. The zero-order valence-corrected chi connectivity index (χ0v) is 7.28. The summed E-state index contributed by atoms with van der Waals surface area (Å²) in [4.78, 5) is 0. The molecule has 10 heavy (non-hydrogen) atoms. The molecule has 0 saturated heterocycles. The summed E-state index contributed by atoms with van der Waals surface area (Å²) in [5.74, 6) is 0. The normalized spacial score (nSPS) is 12.0. The molecule has 0 saturated carbocycles. The van der Waals surface area contributed by atoms with Gasteiger partial charge in [0.1, 0.15) is 0 Å². The van der Waals surface area contributed by atoms with Crippen molar-refractivity contribution in [2.45, 2.75) is 39.2 Å². The van der Waals surface area contributed by atoms with Gasteiger partial charge in [-0.2, -0.15) is 0 Å². The molecule has 0 heterocycles. The molecule has 0 aliphatic carbocycles. The lowest BCUT2D eigenvalue weighted by atomic mass is 10.0. The van der Waals surface area contributed by atoms with Gasteiger partial charge < -0.3 is 10.4 Å². The Balaban J connectivity index is 3.04. The van der Waals surface area contributed by atoms with Gasteiger partial charge in [-0.15, -0.1) is 0 Å². The summed E-state index contributed by atoms with van der Waals surface area (Å²) >= 11 is 0. The van der Waals surface area contributed by atoms with E-state index in [4.69, 9.17) is 0 Å². The van der Waals surface area contributed by atoms with E-state index in [1.54, 1.807) is 0 Å². The highest BCUT2D eigenvalue weighted by atomic mass is 16.3. The highest BCUT2D eigenvalue weighted by Crippen LogP contribution is 2.08. The van der Waals surface area contributed by atoms with Gasteiger partial charge in [-0.05, 0) is 39.8 Å². The fraction of sp³-hybridized carbons (Fsp3) is 1.00. The van der Waals surface area contributed by atoms with E-state index in [0.29, 0.717) is 0 Å². The van der Waals surface area contributed by atoms with E-state index in [2.05, 4.69) is 12.2 Å². The van der Waals surface area contributed by atoms with E-state index in [9.17, 15) is 5.11 Å². The number of hydrogen-bond acceptors (Lipinski definition) is 2. The first-order valence-electron chi connectivity index (χ1n) is 3.99. The molecule has 2 N–H and O–H groups in total. The maximum absolute atomic E-state index is 9.29. The lowest BCUT2D eigenvalue weighted by Gasteiger charge is -2.16. The van der Waals surface area contributed by atoms with Crippen molar-refractivity contribution >= 4 is 0 Å². The molecule has 0 aromatic heterocycles. The predicted octanol–water partition coefficient (Wildman–Crippen LogP) is 1.15. The third-order valence-corrected chi connectivity index (χ3v) is 1.39. The molecule has 0 unspecified atom stereocenters. The van der Waals surface area contributed by atoms with Crippen LogP contribution in [0.1, 0.15) is 33.6 Å². The molecule has 0 aliphatic rings. The van der Waals surface area contributed by atoms with Gasteiger partial charge >= 0.3 is 0 Å². The Morgan fingerprint density at radius 3 is 2.40 bits per heavy atom. The first-order valence-corrected chi connectivity index (χ1v) is 3.99. The molecule has 2 heteroatoms. The zero-order valence-electron chi connectivity index (χ0n) is 7.28. The van der Waals surface area contributed by atoms with E-state index >= 15 is 0 Å². The van der Waals surface area contributed by atoms with Crippen LogP contribution in [0.15, 0.2) is 0 Å². The third kappa shape index (κ3) is 7.92. The minimum atomic E-state index is -0.491. The van der Waals surface area contributed by atoms with Crippen LogP contribution in [0.4, 0.5) is 0 Å². The monoisotopic (exact) mass is 145 g/mol. The standard InChI is InChI=1S/C8H19NO/c1-4-9-7-5-6-8(2,3)10/h9-10H,4-7H2,1-3H3. The van der Waals surface area contributed by atoms with E-state index in [1.165, 1.54) is 0 Å². The topological polar surface area (TPSA) is 32.3 Å². The van der Waals surface area contributed by atoms with E-state index in [-0.39, 0.29) is 0 Å². The highest BCUT2D eigenvalue weighted by Gasteiger charge is 2.10. The van der Waals surface area contributed by atoms with Crippen molar-refractivity contribution in [3.8, 4) is 0 Å². The lowest BCUT2D eigenvalue weighted by Crippen LogP contribution is -2.22. The summed E-state index contributed by atoms with van der Waals surface area (Å²) in [6.07, 6.45) is 1.93. The van der Waals surface area contributed by atoms with Crippen LogP contribution >= 0.6 is 0 Å². The van der Waals surface area contributed by atoms with Crippen LogP contribution in [-0.2, 0) is 0 Å². The molecule has 0 aromatic carbocycles. The van der Waals surface area contributed by atoms with Gasteiger partial charge in [0.25, 0.3) is 0 Å². The van der Waals surface area contributed by atoms with Gasteiger partial charge in [0.05, 0.1) is 5.60 Å². The summed E-state index contributed by atoms with van der Waals surface area (Å²) in [5, 5.41) is 12.5. The SMILES string of the molecule is CCNCCCC(C)(C)O. The second-order valence-electron chi connectivity index (χ2n) is 3.27.